The summed E-state index contributed by atoms with van der Waals surface area (Å²) < 4.78 is 0. The molecule has 0 aliphatic rings. The Morgan fingerprint density at radius 3 is 0.500 bits per heavy atom. The Kier molecular flexibility index (Phi) is 543. The van der Waals surface area contributed by atoms with Gasteiger partial charge in [-0.25, -0.2) is 0 Å². The van der Waals surface area contributed by atoms with Gasteiger partial charge in [-0.2, -0.15) is 0 Å². The molecule has 0 heterocycles. The van der Waals surface area contributed by atoms with Gasteiger partial charge in [0.05, 0.1) is 0 Å². The van der Waals surface area contributed by atoms with Gasteiger partial charge in [-0.3, -0.25) is 0 Å². The Labute approximate surface area is 95.8 Å². The third kappa shape index (κ3) is 29.5. The Morgan fingerprint density at radius 2 is 0.500 bits per heavy atom. The van der Waals surface area contributed by atoms with E-state index < -0.39 is 0 Å². The van der Waals surface area contributed by atoms with E-state index in [1.165, 1.54) is 0 Å². The first-order chi connectivity index (χ1) is 0. The van der Waals surface area contributed by atoms with Crippen LogP contribution >= 0.6 is 49.6 Å². The van der Waals surface area contributed by atoms with Crippen LogP contribution in [-0.4, -0.2) is 47.5 Å². The van der Waals surface area contributed by atoms with Crippen molar-refractivity contribution in [2.75, 3.05) is 0 Å². The zero-order valence-electron chi connectivity index (χ0n) is 2.34. The summed E-state index contributed by atoms with van der Waals surface area (Å²) in [5, 5.41) is 0. The minimum absolute atomic E-state index is 0. The van der Waals surface area contributed by atoms with Crippen molar-refractivity contribution in [2.45, 2.75) is 0 Å². The number of hydrogen-bond donors (Lipinski definition) is 0. The SMILES string of the molecule is Cl.Cl.Cl.Cl.[MgH2].[SbH3]. The van der Waals surface area contributed by atoms with E-state index in [1.54, 1.807) is 0 Å². The molecule has 0 radical (unpaired) electrons. The zero-order chi connectivity index (χ0) is 0. The van der Waals surface area contributed by atoms with Crippen LogP contribution in [-0.2, 0) is 0 Å². The summed E-state index contributed by atoms with van der Waals surface area (Å²) in [6.07, 6.45) is 0. The van der Waals surface area contributed by atoms with E-state index in [4.69, 9.17) is 0 Å². The molecule has 0 aromatic carbocycles. The average molecular weight is 297 g/mol. The summed E-state index contributed by atoms with van der Waals surface area (Å²) >= 11 is 0. The van der Waals surface area contributed by atoms with Crippen molar-refractivity contribution in [3.63, 3.8) is 0 Å². The van der Waals surface area contributed by atoms with Crippen LogP contribution in [0.2, 0.25) is 0 Å². The Bertz CT molecular complexity index is 7.51. The van der Waals surface area contributed by atoms with E-state index in [1.807, 2.05) is 0 Å². The molecule has 0 N–H and O–H groups in total. The third-order valence-corrected chi connectivity index (χ3v) is 0. The van der Waals surface area contributed by atoms with Gasteiger partial charge < -0.3 is 0 Å². The first-order valence-corrected chi connectivity index (χ1v) is 0. The first-order valence-electron chi connectivity index (χ1n) is 0. The van der Waals surface area contributed by atoms with Crippen LogP contribution in [0.15, 0.2) is 0 Å². The molecule has 0 amide bonds. The molecule has 0 atom stereocenters. The maximum absolute atomic E-state index is 0. The fraction of sp³-hybridized carbons (Fsp3) is 0. The standard InChI is InChI=1S/4ClH.Mg.Sb.5H/h4*1H;;;;;;;. The molecular formula is H9Cl4MgSb. The molecule has 6 heavy (non-hydrogen) atoms. The van der Waals surface area contributed by atoms with Crippen molar-refractivity contribution < 1.29 is 0 Å². The molecule has 44 valence electrons. The Morgan fingerprint density at radius 1 is 0.500 bits per heavy atom. The van der Waals surface area contributed by atoms with Gasteiger partial charge in [0, 0.05) is 0 Å². The molecule has 0 rings (SSSR count). The first kappa shape index (κ1) is 69.6. The predicted molar refractivity (Wildman–Crippen MR) is 47.5 cm³/mol. The third-order valence-electron chi connectivity index (χ3n) is 0. The number of halogens is 4. The maximum atomic E-state index is 0. The fourth-order valence-corrected chi connectivity index (χ4v) is 0. The van der Waals surface area contributed by atoms with Gasteiger partial charge in [-0.1, -0.05) is 0 Å². The quantitative estimate of drug-likeness (QED) is 0.533. The molecule has 0 bridgehead atoms. The van der Waals surface area contributed by atoms with Crippen LogP contribution < -0.4 is 0 Å². The molecule has 0 fully saturated rings. The molecule has 0 unspecified atom stereocenters. The number of hydrogen-bond acceptors (Lipinski definition) is 0. The summed E-state index contributed by atoms with van der Waals surface area (Å²) in [4.78, 5) is 0. The van der Waals surface area contributed by atoms with Crippen LogP contribution in [0.4, 0.5) is 0 Å². The summed E-state index contributed by atoms with van der Waals surface area (Å²) in [6.45, 7) is 0. The van der Waals surface area contributed by atoms with Crippen LogP contribution in [0.1, 0.15) is 0 Å². The second-order valence-electron chi connectivity index (χ2n) is 0. The van der Waals surface area contributed by atoms with E-state index in [0.29, 0.717) is 0 Å². The van der Waals surface area contributed by atoms with Crippen LogP contribution in [0.3, 0.4) is 0 Å². The van der Waals surface area contributed by atoms with Crippen LogP contribution in [0, 0.1) is 0 Å². The molecule has 6 heteroatoms. The van der Waals surface area contributed by atoms with Gasteiger partial charge in [0.25, 0.3) is 0 Å². The Balaban J connectivity index is 0. The molecule has 0 aliphatic carbocycles. The second-order valence-corrected chi connectivity index (χ2v) is 0. The van der Waals surface area contributed by atoms with Gasteiger partial charge in [0.15, 0.2) is 0 Å². The predicted octanol–water partition coefficient (Wildman–Crippen LogP) is -0.413. The van der Waals surface area contributed by atoms with E-state index in [0.717, 1.165) is 0 Å². The van der Waals surface area contributed by atoms with E-state index in [-0.39, 0.29) is 97.1 Å². The zero-order valence-corrected chi connectivity index (χ0v) is 9.64. The van der Waals surface area contributed by atoms with E-state index >= 15 is 0 Å². The van der Waals surface area contributed by atoms with Crippen molar-refractivity contribution in [1.29, 1.82) is 0 Å². The molecule has 0 saturated heterocycles. The Hall–Kier alpha value is 2.74. The monoisotopic (exact) mass is 294 g/mol. The molecule has 0 aromatic rings. The molecule has 0 nitrogen and oxygen atoms in total. The normalized spacial score (nSPS) is 0. The van der Waals surface area contributed by atoms with Crippen molar-refractivity contribution in [2.24, 2.45) is 0 Å². The molecule has 0 aromatic heterocycles. The second kappa shape index (κ2) is 46.8. The van der Waals surface area contributed by atoms with Crippen molar-refractivity contribution >= 4 is 97.1 Å². The average Bonchev–Trinajstić information content (AvgIpc) is 0. The van der Waals surface area contributed by atoms with Gasteiger partial charge in [-0.15, -0.1) is 49.6 Å². The van der Waals surface area contributed by atoms with Crippen molar-refractivity contribution in [1.82, 2.24) is 0 Å². The molecule has 0 aliphatic heterocycles. The summed E-state index contributed by atoms with van der Waals surface area (Å²) in [5.74, 6) is 0. The minimum atomic E-state index is 0. The summed E-state index contributed by atoms with van der Waals surface area (Å²) in [6, 6.07) is 0. The topological polar surface area (TPSA) is 0 Å². The van der Waals surface area contributed by atoms with Crippen molar-refractivity contribution in [3.05, 3.63) is 0 Å². The van der Waals surface area contributed by atoms with Gasteiger partial charge in [-0.05, 0) is 0 Å². The fourth-order valence-electron chi connectivity index (χ4n) is 0. The van der Waals surface area contributed by atoms with Gasteiger partial charge >= 0.3 is 47.5 Å². The number of rotatable bonds is 0. The van der Waals surface area contributed by atoms with Gasteiger partial charge in [0.2, 0.25) is 0 Å². The van der Waals surface area contributed by atoms with E-state index in [9.17, 15) is 0 Å². The molecule has 0 saturated carbocycles. The van der Waals surface area contributed by atoms with E-state index in [2.05, 4.69) is 0 Å². The van der Waals surface area contributed by atoms with Crippen LogP contribution in [0.25, 0.3) is 0 Å². The summed E-state index contributed by atoms with van der Waals surface area (Å²) in [7, 11) is 0. The van der Waals surface area contributed by atoms with Crippen molar-refractivity contribution in [3.8, 4) is 0 Å². The summed E-state index contributed by atoms with van der Waals surface area (Å²) in [5.41, 5.74) is 0. The van der Waals surface area contributed by atoms with Crippen LogP contribution in [0.5, 0.6) is 0 Å². The molecular weight excluding hydrogens is 288 g/mol. The molecule has 0 spiro atoms. The van der Waals surface area contributed by atoms with Gasteiger partial charge in [0.1, 0.15) is 0 Å².